The molecule has 138 valence electrons. The van der Waals surface area contributed by atoms with Gasteiger partial charge in [-0.25, -0.2) is 15.0 Å². The molecule has 1 amide bonds. The summed E-state index contributed by atoms with van der Waals surface area (Å²) in [6, 6.07) is 10.2. The molecule has 0 bridgehead atoms. The molecule has 1 aliphatic heterocycles. The van der Waals surface area contributed by atoms with Crippen molar-refractivity contribution in [1.82, 2.24) is 19.9 Å². The largest absolute Gasteiger partial charge is 0.458 e. The number of carbonyl (C=O) groups is 1. The Labute approximate surface area is 169 Å². The summed E-state index contributed by atoms with van der Waals surface area (Å²) in [5.74, 6) is -0.0570. The quantitative estimate of drug-likeness (QED) is 0.606. The Hall–Kier alpha value is -2.32. The first-order valence-electron chi connectivity index (χ1n) is 8.63. The standard InChI is InChI=1S/C19H17BrN4O2S/c20-14-9-21-19(22-10-14)26-15-7-4-8-24(11-15)18(25)16-12-27-17(23-16)13-5-2-1-3-6-13/h1-3,5-6,9-10,12,15H,4,7-8,11H2. The van der Waals surface area contributed by atoms with Crippen molar-refractivity contribution < 1.29 is 9.53 Å². The molecule has 1 atom stereocenters. The van der Waals surface area contributed by atoms with E-state index in [1.807, 2.05) is 35.7 Å². The van der Waals surface area contributed by atoms with Gasteiger partial charge < -0.3 is 9.64 Å². The number of rotatable bonds is 4. The molecule has 1 saturated heterocycles. The van der Waals surface area contributed by atoms with Crippen LogP contribution in [0.1, 0.15) is 23.3 Å². The molecule has 0 N–H and O–H groups in total. The summed E-state index contributed by atoms with van der Waals surface area (Å²) >= 11 is 4.79. The van der Waals surface area contributed by atoms with Crippen LogP contribution in [-0.4, -0.2) is 45.0 Å². The van der Waals surface area contributed by atoms with Crippen molar-refractivity contribution in [2.75, 3.05) is 13.1 Å². The number of hydrogen-bond acceptors (Lipinski definition) is 6. The van der Waals surface area contributed by atoms with Crippen molar-refractivity contribution in [1.29, 1.82) is 0 Å². The lowest BCUT2D eigenvalue weighted by atomic mass is 10.1. The zero-order valence-electron chi connectivity index (χ0n) is 14.4. The van der Waals surface area contributed by atoms with Gasteiger partial charge in [0.05, 0.1) is 11.0 Å². The Kier molecular flexibility index (Phi) is 5.45. The van der Waals surface area contributed by atoms with E-state index < -0.39 is 0 Å². The van der Waals surface area contributed by atoms with Crippen LogP contribution in [-0.2, 0) is 0 Å². The van der Waals surface area contributed by atoms with Gasteiger partial charge >= 0.3 is 6.01 Å². The molecule has 1 unspecified atom stereocenters. The van der Waals surface area contributed by atoms with Crippen LogP contribution in [0.15, 0.2) is 52.6 Å². The number of nitrogens with zero attached hydrogens (tertiary/aromatic N) is 4. The Morgan fingerprint density at radius 1 is 1.22 bits per heavy atom. The molecule has 1 aliphatic rings. The molecule has 6 nitrogen and oxygen atoms in total. The van der Waals surface area contributed by atoms with Crippen LogP contribution < -0.4 is 4.74 Å². The number of carbonyl (C=O) groups excluding carboxylic acids is 1. The van der Waals surface area contributed by atoms with E-state index in [0.717, 1.165) is 27.9 Å². The first-order valence-corrected chi connectivity index (χ1v) is 10.3. The lowest BCUT2D eigenvalue weighted by molar-refractivity contribution is 0.0511. The number of thiazole rings is 1. The van der Waals surface area contributed by atoms with Gasteiger partial charge in [-0.15, -0.1) is 11.3 Å². The monoisotopic (exact) mass is 444 g/mol. The van der Waals surface area contributed by atoms with Gasteiger partial charge in [0, 0.05) is 29.9 Å². The van der Waals surface area contributed by atoms with Crippen molar-refractivity contribution >= 4 is 33.2 Å². The normalized spacial score (nSPS) is 16.9. The molecule has 1 fully saturated rings. The molecule has 0 spiro atoms. The highest BCUT2D eigenvalue weighted by Crippen LogP contribution is 2.25. The van der Waals surface area contributed by atoms with Crippen molar-refractivity contribution in [3.05, 3.63) is 58.3 Å². The third-order valence-electron chi connectivity index (χ3n) is 4.28. The molecule has 3 aromatic rings. The third-order valence-corrected chi connectivity index (χ3v) is 5.58. The topological polar surface area (TPSA) is 68.2 Å². The summed E-state index contributed by atoms with van der Waals surface area (Å²) in [6.45, 7) is 1.22. The summed E-state index contributed by atoms with van der Waals surface area (Å²) in [6.07, 6.45) is 4.93. The van der Waals surface area contributed by atoms with Gasteiger partial charge in [-0.2, -0.15) is 0 Å². The third kappa shape index (κ3) is 4.33. The summed E-state index contributed by atoms with van der Waals surface area (Å²) in [4.78, 5) is 27.5. The highest BCUT2D eigenvalue weighted by atomic mass is 79.9. The number of piperidine rings is 1. The highest BCUT2D eigenvalue weighted by molar-refractivity contribution is 9.10. The van der Waals surface area contributed by atoms with E-state index in [2.05, 4.69) is 30.9 Å². The number of benzene rings is 1. The van der Waals surface area contributed by atoms with Gasteiger partial charge in [0.1, 0.15) is 16.8 Å². The van der Waals surface area contributed by atoms with Crippen LogP contribution in [0.3, 0.4) is 0 Å². The van der Waals surface area contributed by atoms with Crippen LogP contribution in [0.5, 0.6) is 6.01 Å². The second-order valence-electron chi connectivity index (χ2n) is 6.22. The zero-order chi connectivity index (χ0) is 18.6. The summed E-state index contributed by atoms with van der Waals surface area (Å²) in [5.41, 5.74) is 1.51. The average molecular weight is 445 g/mol. The molecule has 0 saturated carbocycles. The maximum Gasteiger partial charge on any atom is 0.316 e. The Balaban J connectivity index is 1.43. The predicted molar refractivity (Wildman–Crippen MR) is 107 cm³/mol. The smallest absolute Gasteiger partial charge is 0.316 e. The fraction of sp³-hybridized carbons (Fsp3) is 0.263. The molecule has 8 heteroatoms. The van der Waals surface area contributed by atoms with Crippen LogP contribution >= 0.6 is 27.3 Å². The van der Waals surface area contributed by atoms with E-state index in [1.165, 1.54) is 11.3 Å². The van der Waals surface area contributed by atoms with E-state index >= 15 is 0 Å². The Morgan fingerprint density at radius 2 is 2.00 bits per heavy atom. The predicted octanol–water partition coefficient (Wildman–Crippen LogP) is 4.05. The summed E-state index contributed by atoms with van der Waals surface area (Å²) < 4.78 is 6.65. The van der Waals surface area contributed by atoms with E-state index in [4.69, 9.17) is 4.74 Å². The average Bonchev–Trinajstić information content (AvgIpc) is 3.20. The molecule has 4 rings (SSSR count). The van der Waals surface area contributed by atoms with Gasteiger partial charge in [-0.3, -0.25) is 4.79 Å². The fourth-order valence-electron chi connectivity index (χ4n) is 2.98. The lowest BCUT2D eigenvalue weighted by Gasteiger charge is -2.31. The van der Waals surface area contributed by atoms with Crippen LogP contribution in [0.25, 0.3) is 10.6 Å². The molecule has 2 aromatic heterocycles. The lowest BCUT2D eigenvalue weighted by Crippen LogP contribution is -2.44. The van der Waals surface area contributed by atoms with Crippen molar-refractivity contribution in [2.45, 2.75) is 18.9 Å². The van der Waals surface area contributed by atoms with Gasteiger partial charge in [-0.05, 0) is 28.8 Å². The number of amides is 1. The highest BCUT2D eigenvalue weighted by Gasteiger charge is 2.27. The summed E-state index contributed by atoms with van der Waals surface area (Å²) in [5, 5.41) is 2.68. The van der Waals surface area contributed by atoms with Crippen molar-refractivity contribution in [3.63, 3.8) is 0 Å². The molecule has 0 aliphatic carbocycles. The zero-order valence-corrected chi connectivity index (χ0v) is 16.8. The number of halogens is 1. The van der Waals surface area contributed by atoms with Crippen molar-refractivity contribution in [3.8, 4) is 16.6 Å². The van der Waals surface area contributed by atoms with Crippen LogP contribution in [0.2, 0.25) is 0 Å². The second-order valence-corrected chi connectivity index (χ2v) is 7.99. The Morgan fingerprint density at radius 3 is 2.78 bits per heavy atom. The van der Waals surface area contributed by atoms with Gasteiger partial charge in [-0.1, -0.05) is 30.3 Å². The van der Waals surface area contributed by atoms with Crippen molar-refractivity contribution in [2.24, 2.45) is 0 Å². The van der Waals surface area contributed by atoms with E-state index in [-0.39, 0.29) is 12.0 Å². The minimum atomic E-state index is -0.115. The molecular weight excluding hydrogens is 428 g/mol. The number of ether oxygens (including phenoxy) is 1. The van der Waals surface area contributed by atoms with Gasteiger partial charge in [0.25, 0.3) is 5.91 Å². The minimum Gasteiger partial charge on any atom is -0.458 e. The maximum atomic E-state index is 12.9. The maximum absolute atomic E-state index is 12.9. The number of aromatic nitrogens is 3. The van der Waals surface area contributed by atoms with Gasteiger partial charge in [0.2, 0.25) is 0 Å². The van der Waals surface area contributed by atoms with E-state index in [1.54, 1.807) is 17.3 Å². The number of hydrogen-bond donors (Lipinski definition) is 0. The molecule has 0 radical (unpaired) electrons. The molecule has 3 heterocycles. The molecule has 1 aromatic carbocycles. The second kappa shape index (κ2) is 8.14. The first-order chi connectivity index (χ1) is 13.2. The van der Waals surface area contributed by atoms with E-state index in [9.17, 15) is 4.79 Å². The first kappa shape index (κ1) is 18.1. The van der Waals surface area contributed by atoms with Crippen LogP contribution in [0.4, 0.5) is 0 Å². The Bertz CT molecular complexity index is 917. The fourth-order valence-corrected chi connectivity index (χ4v) is 3.98. The summed E-state index contributed by atoms with van der Waals surface area (Å²) in [7, 11) is 0. The SMILES string of the molecule is O=C(c1csc(-c2ccccc2)n1)N1CCCC(Oc2ncc(Br)cn2)C1. The van der Waals surface area contributed by atoms with Crippen LogP contribution in [0, 0.1) is 0 Å². The minimum absolute atomic E-state index is 0.0570. The van der Waals surface area contributed by atoms with Gasteiger partial charge in [0.15, 0.2) is 0 Å². The van der Waals surface area contributed by atoms with E-state index in [0.29, 0.717) is 24.8 Å². The number of likely N-dealkylation sites (tertiary alicyclic amines) is 1. The molecule has 27 heavy (non-hydrogen) atoms. The molecular formula is C19H17BrN4O2S.